The van der Waals surface area contributed by atoms with Gasteiger partial charge in [-0.25, -0.2) is 4.98 Å². The Morgan fingerprint density at radius 3 is 2.80 bits per heavy atom. The first-order valence-electron chi connectivity index (χ1n) is 7.36. The Bertz CT molecular complexity index is 411. The third-order valence-electron chi connectivity index (χ3n) is 3.64. The molecule has 112 valence electrons. The van der Waals surface area contributed by atoms with E-state index in [2.05, 4.69) is 37.1 Å². The number of rotatable bonds is 4. The van der Waals surface area contributed by atoms with E-state index < -0.39 is 0 Å². The maximum Gasteiger partial charge on any atom is 0.212 e. The van der Waals surface area contributed by atoms with Crippen molar-refractivity contribution in [3.8, 4) is 5.88 Å². The fraction of sp³-hybridized carbons (Fsp3) is 0.688. The molecule has 1 aromatic heterocycles. The summed E-state index contributed by atoms with van der Waals surface area (Å²) in [5, 5.41) is 3.59. The first-order chi connectivity index (χ1) is 9.49. The van der Waals surface area contributed by atoms with Gasteiger partial charge in [-0.2, -0.15) is 0 Å². The quantitative estimate of drug-likeness (QED) is 0.919. The van der Waals surface area contributed by atoms with Gasteiger partial charge in [0.25, 0.3) is 0 Å². The molecule has 4 nitrogen and oxygen atoms in total. The van der Waals surface area contributed by atoms with E-state index in [1.807, 2.05) is 12.3 Å². The van der Waals surface area contributed by atoms with Crippen molar-refractivity contribution in [3.05, 3.63) is 23.9 Å². The second kappa shape index (κ2) is 6.55. The molecule has 0 amide bonds. The van der Waals surface area contributed by atoms with Crippen LogP contribution in [0.3, 0.4) is 0 Å². The van der Waals surface area contributed by atoms with Crippen LogP contribution in [0, 0.1) is 5.92 Å². The second-order valence-corrected chi connectivity index (χ2v) is 6.46. The number of hydrogen-bond acceptors (Lipinski definition) is 4. The molecule has 2 heterocycles. The summed E-state index contributed by atoms with van der Waals surface area (Å²) in [7, 11) is 1.63. The summed E-state index contributed by atoms with van der Waals surface area (Å²) < 4.78 is 11.1. The average Bonchev–Trinajstić information content (AvgIpc) is 2.45. The van der Waals surface area contributed by atoms with Gasteiger partial charge < -0.3 is 14.8 Å². The highest BCUT2D eigenvalue weighted by Gasteiger charge is 2.28. The van der Waals surface area contributed by atoms with Gasteiger partial charge in [-0.05, 0) is 45.2 Å². The number of hydrogen-bond donors (Lipinski definition) is 1. The maximum atomic E-state index is 5.99. The van der Waals surface area contributed by atoms with E-state index >= 15 is 0 Å². The minimum atomic E-state index is 0.136. The molecule has 0 saturated carbocycles. The van der Waals surface area contributed by atoms with Gasteiger partial charge in [-0.1, -0.05) is 0 Å². The minimum absolute atomic E-state index is 0.136. The molecule has 20 heavy (non-hydrogen) atoms. The highest BCUT2D eigenvalue weighted by atomic mass is 16.5. The predicted molar refractivity (Wildman–Crippen MR) is 80.0 cm³/mol. The normalized spacial score (nSPS) is 23.6. The van der Waals surface area contributed by atoms with Crippen LogP contribution in [-0.4, -0.2) is 30.8 Å². The molecule has 0 aliphatic carbocycles. The van der Waals surface area contributed by atoms with Gasteiger partial charge >= 0.3 is 0 Å². The van der Waals surface area contributed by atoms with Crippen LogP contribution in [0.25, 0.3) is 0 Å². The lowest BCUT2D eigenvalue weighted by atomic mass is 9.89. The Hall–Kier alpha value is -1.13. The predicted octanol–water partition coefficient (Wildman–Crippen LogP) is 2.95. The van der Waals surface area contributed by atoms with Crippen LogP contribution < -0.4 is 10.1 Å². The Kier molecular flexibility index (Phi) is 5.00. The van der Waals surface area contributed by atoms with Gasteiger partial charge in [-0.3, -0.25) is 0 Å². The molecule has 4 heteroatoms. The van der Waals surface area contributed by atoms with Gasteiger partial charge in [0.05, 0.1) is 13.2 Å². The number of methoxy groups -OCH3 is 1. The van der Waals surface area contributed by atoms with Crippen molar-refractivity contribution in [1.29, 1.82) is 0 Å². The van der Waals surface area contributed by atoms with Gasteiger partial charge in [-0.15, -0.1) is 0 Å². The van der Waals surface area contributed by atoms with Crippen molar-refractivity contribution in [3.63, 3.8) is 0 Å². The lowest BCUT2D eigenvalue weighted by Crippen LogP contribution is -2.41. The fourth-order valence-corrected chi connectivity index (χ4v) is 2.54. The number of nitrogens with zero attached hydrogens (tertiary/aromatic N) is 1. The molecule has 1 fully saturated rings. The lowest BCUT2D eigenvalue weighted by Gasteiger charge is -2.34. The van der Waals surface area contributed by atoms with Crippen molar-refractivity contribution in [2.75, 3.05) is 20.3 Å². The third kappa shape index (κ3) is 4.18. The zero-order valence-electron chi connectivity index (χ0n) is 13.0. The molecule has 2 unspecified atom stereocenters. The molecular formula is C16H26N2O2. The van der Waals surface area contributed by atoms with Crippen molar-refractivity contribution in [1.82, 2.24) is 10.3 Å². The maximum absolute atomic E-state index is 5.99. The van der Waals surface area contributed by atoms with Crippen molar-refractivity contribution in [2.45, 2.75) is 45.3 Å². The van der Waals surface area contributed by atoms with E-state index in [9.17, 15) is 0 Å². The van der Waals surface area contributed by atoms with Crippen LogP contribution in [0.4, 0.5) is 0 Å². The molecule has 0 aromatic carbocycles. The van der Waals surface area contributed by atoms with Crippen LogP contribution in [0.5, 0.6) is 5.88 Å². The number of nitrogens with one attached hydrogen (secondary N) is 1. The molecule has 0 bridgehead atoms. The van der Waals surface area contributed by atoms with Crippen LogP contribution in [0.2, 0.25) is 0 Å². The summed E-state index contributed by atoms with van der Waals surface area (Å²) in [6.45, 7) is 8.39. The average molecular weight is 278 g/mol. The highest BCUT2D eigenvalue weighted by molar-refractivity contribution is 5.20. The molecule has 0 spiro atoms. The van der Waals surface area contributed by atoms with Gasteiger partial charge in [0.1, 0.15) is 0 Å². The van der Waals surface area contributed by atoms with E-state index in [0.29, 0.717) is 11.8 Å². The Labute approximate surface area is 121 Å². The van der Waals surface area contributed by atoms with E-state index in [4.69, 9.17) is 9.47 Å². The minimum Gasteiger partial charge on any atom is -0.481 e. The van der Waals surface area contributed by atoms with Crippen LogP contribution >= 0.6 is 0 Å². The first kappa shape index (κ1) is 15.3. The largest absolute Gasteiger partial charge is 0.481 e. The topological polar surface area (TPSA) is 43.4 Å². The monoisotopic (exact) mass is 278 g/mol. The molecule has 1 saturated heterocycles. The molecular weight excluding hydrogens is 252 g/mol. The molecule has 1 aliphatic rings. The van der Waals surface area contributed by atoms with Gasteiger partial charge in [0.2, 0.25) is 5.88 Å². The van der Waals surface area contributed by atoms with Crippen LogP contribution in [0.1, 0.15) is 45.3 Å². The smallest absolute Gasteiger partial charge is 0.212 e. The molecule has 0 radical (unpaired) electrons. The zero-order valence-corrected chi connectivity index (χ0v) is 13.0. The summed E-state index contributed by atoms with van der Waals surface area (Å²) in [5.41, 5.74) is 1.28. The second-order valence-electron chi connectivity index (χ2n) is 6.46. The highest BCUT2D eigenvalue weighted by Crippen LogP contribution is 2.33. The van der Waals surface area contributed by atoms with E-state index in [0.717, 1.165) is 25.1 Å². The fourth-order valence-electron chi connectivity index (χ4n) is 2.54. The molecule has 2 rings (SSSR count). The van der Waals surface area contributed by atoms with Crippen molar-refractivity contribution >= 4 is 0 Å². The Morgan fingerprint density at radius 1 is 1.40 bits per heavy atom. The Balaban J connectivity index is 2.05. The number of pyridine rings is 1. The molecule has 1 aliphatic heterocycles. The van der Waals surface area contributed by atoms with E-state index in [1.165, 1.54) is 6.42 Å². The van der Waals surface area contributed by atoms with Crippen molar-refractivity contribution in [2.24, 2.45) is 5.92 Å². The van der Waals surface area contributed by atoms with Gasteiger partial charge in [0, 0.05) is 36.9 Å². The van der Waals surface area contributed by atoms with Crippen molar-refractivity contribution < 1.29 is 9.47 Å². The standard InChI is InChI=1S/C16H26N2O2/c1-16(2,3)18-11-12-6-5-9-20-15(12)13-7-8-14(19-4)17-10-13/h7-8,10,12,15,18H,5-6,9,11H2,1-4H3. The molecule has 1 N–H and O–H groups in total. The van der Waals surface area contributed by atoms with Crippen LogP contribution in [0.15, 0.2) is 18.3 Å². The lowest BCUT2D eigenvalue weighted by molar-refractivity contribution is -0.0294. The summed E-state index contributed by atoms with van der Waals surface area (Å²) >= 11 is 0. The summed E-state index contributed by atoms with van der Waals surface area (Å²) in [4.78, 5) is 4.29. The van der Waals surface area contributed by atoms with E-state index in [-0.39, 0.29) is 11.6 Å². The summed E-state index contributed by atoms with van der Waals surface area (Å²) in [6, 6.07) is 3.97. The first-order valence-corrected chi connectivity index (χ1v) is 7.36. The number of aromatic nitrogens is 1. The Morgan fingerprint density at radius 2 is 2.20 bits per heavy atom. The molecule has 1 aromatic rings. The zero-order chi connectivity index (χ0) is 14.6. The summed E-state index contributed by atoms with van der Waals surface area (Å²) in [5.74, 6) is 1.15. The molecule has 2 atom stereocenters. The van der Waals surface area contributed by atoms with Gasteiger partial charge in [0.15, 0.2) is 0 Å². The number of ether oxygens (including phenoxy) is 2. The third-order valence-corrected chi connectivity index (χ3v) is 3.64. The SMILES string of the molecule is COc1ccc(C2OCCCC2CNC(C)(C)C)cn1. The van der Waals surface area contributed by atoms with E-state index in [1.54, 1.807) is 7.11 Å². The summed E-state index contributed by atoms with van der Waals surface area (Å²) in [6.07, 6.45) is 4.34. The van der Waals surface area contributed by atoms with Crippen LogP contribution in [-0.2, 0) is 4.74 Å².